The van der Waals surface area contributed by atoms with Crippen LogP contribution in [0.5, 0.6) is 0 Å². The number of thioether (sulfide) groups is 1. The molecule has 0 aliphatic rings. The van der Waals surface area contributed by atoms with Gasteiger partial charge < -0.3 is 5.32 Å². The van der Waals surface area contributed by atoms with Gasteiger partial charge in [-0.15, -0.1) is 11.8 Å². The Balaban J connectivity index is 2.11. The molecule has 0 saturated carbocycles. The zero-order chi connectivity index (χ0) is 14.3. The van der Waals surface area contributed by atoms with Crippen LogP contribution in [0.3, 0.4) is 0 Å². The smallest absolute Gasteiger partial charge is 0.220 e. The molecule has 106 valence electrons. The van der Waals surface area contributed by atoms with Crippen LogP contribution >= 0.6 is 11.8 Å². The normalized spacial score (nSPS) is 11.4. The maximum absolute atomic E-state index is 12.7. The summed E-state index contributed by atoms with van der Waals surface area (Å²) in [6, 6.07) is 6.48. The lowest BCUT2D eigenvalue weighted by Crippen LogP contribution is -2.28. The fourth-order valence-corrected chi connectivity index (χ4v) is 2.42. The summed E-state index contributed by atoms with van der Waals surface area (Å²) in [6.45, 7) is 6.86. The minimum atomic E-state index is -0.209. The Hall–Kier alpha value is -1.03. The first kappa shape index (κ1) is 16.0. The van der Waals surface area contributed by atoms with Gasteiger partial charge >= 0.3 is 0 Å². The minimum absolute atomic E-state index is 0.0347. The molecule has 2 nitrogen and oxygen atoms in total. The minimum Gasteiger partial charge on any atom is -0.356 e. The van der Waals surface area contributed by atoms with Crippen molar-refractivity contribution in [2.45, 2.75) is 38.5 Å². The molecule has 0 unspecified atom stereocenters. The lowest BCUT2D eigenvalue weighted by Gasteiger charge is -2.17. The molecule has 1 aromatic carbocycles. The second-order valence-electron chi connectivity index (χ2n) is 5.74. The predicted molar refractivity (Wildman–Crippen MR) is 78.8 cm³/mol. The Morgan fingerprint density at radius 1 is 1.26 bits per heavy atom. The average molecular weight is 283 g/mol. The van der Waals surface area contributed by atoms with Crippen molar-refractivity contribution in [1.82, 2.24) is 5.32 Å². The number of halogens is 1. The lowest BCUT2D eigenvalue weighted by molar-refractivity contribution is -0.122. The first-order valence-corrected chi connectivity index (χ1v) is 7.50. The highest BCUT2D eigenvalue weighted by atomic mass is 32.2. The fraction of sp³-hybridized carbons (Fsp3) is 0.533. The number of carbonyl (C=O) groups excluding carboxylic acids is 1. The Kier molecular flexibility index (Phi) is 6.35. The van der Waals surface area contributed by atoms with Gasteiger partial charge in [-0.3, -0.25) is 4.79 Å². The Bertz CT molecular complexity index is 398. The molecule has 1 N–H and O–H groups in total. The summed E-state index contributed by atoms with van der Waals surface area (Å²) in [4.78, 5) is 12.6. The van der Waals surface area contributed by atoms with Gasteiger partial charge in [0.05, 0.1) is 0 Å². The zero-order valence-corrected chi connectivity index (χ0v) is 12.6. The van der Waals surface area contributed by atoms with E-state index in [-0.39, 0.29) is 17.1 Å². The molecule has 19 heavy (non-hydrogen) atoms. The van der Waals surface area contributed by atoms with Crippen molar-refractivity contribution in [2.24, 2.45) is 5.41 Å². The van der Waals surface area contributed by atoms with E-state index in [0.717, 1.165) is 17.1 Å². The van der Waals surface area contributed by atoms with Crippen LogP contribution in [-0.4, -0.2) is 18.2 Å². The number of rotatable bonds is 6. The maximum atomic E-state index is 12.7. The molecule has 0 aromatic heterocycles. The molecule has 0 fully saturated rings. The molecule has 0 aliphatic carbocycles. The second kappa shape index (κ2) is 7.53. The van der Waals surface area contributed by atoms with Crippen LogP contribution in [0.4, 0.5) is 4.39 Å². The average Bonchev–Trinajstić information content (AvgIpc) is 2.29. The molecule has 1 rings (SSSR count). The van der Waals surface area contributed by atoms with Crippen molar-refractivity contribution >= 4 is 17.7 Å². The van der Waals surface area contributed by atoms with Crippen molar-refractivity contribution in [3.8, 4) is 0 Å². The van der Waals surface area contributed by atoms with Crippen molar-refractivity contribution in [2.75, 3.05) is 12.3 Å². The van der Waals surface area contributed by atoms with E-state index in [1.807, 2.05) is 0 Å². The van der Waals surface area contributed by atoms with Gasteiger partial charge in [0, 0.05) is 17.9 Å². The van der Waals surface area contributed by atoms with Crippen molar-refractivity contribution < 1.29 is 9.18 Å². The maximum Gasteiger partial charge on any atom is 0.220 e. The molecule has 4 heteroatoms. The number of hydrogen-bond donors (Lipinski definition) is 1. The van der Waals surface area contributed by atoms with Gasteiger partial charge in [0.1, 0.15) is 5.82 Å². The van der Waals surface area contributed by atoms with Crippen molar-refractivity contribution in [3.05, 3.63) is 30.1 Å². The van der Waals surface area contributed by atoms with E-state index in [2.05, 4.69) is 26.1 Å². The van der Waals surface area contributed by atoms with Crippen molar-refractivity contribution in [1.29, 1.82) is 0 Å². The number of benzene rings is 1. The van der Waals surface area contributed by atoms with Crippen LogP contribution in [0.2, 0.25) is 0 Å². The standard InChI is InChI=1S/C15H22FNOS/c1-15(2,3)11-14(18)17-9-4-10-19-13-7-5-12(16)6-8-13/h5-8H,4,9-11H2,1-3H3,(H,17,18). The third-order valence-electron chi connectivity index (χ3n) is 2.42. The molecule has 0 bridgehead atoms. The van der Waals surface area contributed by atoms with Gasteiger partial charge in [-0.1, -0.05) is 20.8 Å². The van der Waals surface area contributed by atoms with Crippen molar-refractivity contribution in [3.63, 3.8) is 0 Å². The van der Waals surface area contributed by atoms with E-state index >= 15 is 0 Å². The van der Waals surface area contributed by atoms with E-state index in [1.165, 1.54) is 12.1 Å². The van der Waals surface area contributed by atoms with Gasteiger partial charge in [-0.05, 0) is 41.9 Å². The quantitative estimate of drug-likeness (QED) is 0.634. The second-order valence-corrected chi connectivity index (χ2v) is 6.91. The molecule has 1 aromatic rings. The highest BCUT2D eigenvalue weighted by Gasteiger charge is 2.15. The third kappa shape index (κ3) is 7.88. The molecule has 0 heterocycles. The van der Waals surface area contributed by atoms with Gasteiger partial charge in [0.25, 0.3) is 0 Å². The molecule has 0 atom stereocenters. The van der Waals surface area contributed by atoms with Crippen LogP contribution in [0, 0.1) is 11.2 Å². The van der Waals surface area contributed by atoms with Crippen LogP contribution in [0.1, 0.15) is 33.6 Å². The summed E-state index contributed by atoms with van der Waals surface area (Å²) in [5.74, 6) is 0.819. The summed E-state index contributed by atoms with van der Waals surface area (Å²) < 4.78 is 12.7. The van der Waals surface area contributed by atoms with E-state index in [9.17, 15) is 9.18 Å². The highest BCUT2D eigenvalue weighted by molar-refractivity contribution is 7.99. The van der Waals surface area contributed by atoms with Gasteiger partial charge in [-0.25, -0.2) is 4.39 Å². The number of hydrogen-bond acceptors (Lipinski definition) is 2. The largest absolute Gasteiger partial charge is 0.356 e. The first-order chi connectivity index (χ1) is 8.87. The molecular formula is C15H22FNOS. The van der Waals surface area contributed by atoms with Crippen LogP contribution in [-0.2, 0) is 4.79 Å². The third-order valence-corrected chi connectivity index (χ3v) is 3.51. The van der Waals surface area contributed by atoms with Gasteiger partial charge in [0.2, 0.25) is 5.91 Å². The Morgan fingerprint density at radius 3 is 2.47 bits per heavy atom. The van der Waals surface area contributed by atoms with Crippen LogP contribution < -0.4 is 5.32 Å². The fourth-order valence-electron chi connectivity index (χ4n) is 1.56. The van der Waals surface area contributed by atoms with Gasteiger partial charge in [0.15, 0.2) is 0 Å². The van der Waals surface area contributed by atoms with Crippen LogP contribution in [0.25, 0.3) is 0 Å². The highest BCUT2D eigenvalue weighted by Crippen LogP contribution is 2.19. The molecular weight excluding hydrogens is 261 g/mol. The summed E-state index contributed by atoms with van der Waals surface area (Å²) in [7, 11) is 0. The van der Waals surface area contributed by atoms with E-state index < -0.39 is 0 Å². The van der Waals surface area contributed by atoms with Crippen LogP contribution in [0.15, 0.2) is 29.2 Å². The van der Waals surface area contributed by atoms with E-state index in [4.69, 9.17) is 0 Å². The number of carbonyl (C=O) groups is 1. The summed E-state index contributed by atoms with van der Waals surface area (Å²) >= 11 is 1.68. The molecule has 1 amide bonds. The van der Waals surface area contributed by atoms with E-state index in [1.54, 1.807) is 23.9 Å². The Labute approximate surface area is 119 Å². The first-order valence-electron chi connectivity index (χ1n) is 6.52. The summed E-state index contributed by atoms with van der Waals surface area (Å²) in [5, 5.41) is 2.92. The predicted octanol–water partition coefficient (Wildman–Crippen LogP) is 3.86. The SMILES string of the molecule is CC(C)(C)CC(=O)NCCCSc1ccc(F)cc1. The molecule has 0 saturated heterocycles. The lowest BCUT2D eigenvalue weighted by atomic mass is 9.92. The number of nitrogens with one attached hydrogen (secondary N) is 1. The zero-order valence-electron chi connectivity index (χ0n) is 11.8. The summed E-state index contributed by atoms with van der Waals surface area (Å²) in [5.41, 5.74) is 0.0347. The summed E-state index contributed by atoms with van der Waals surface area (Å²) in [6.07, 6.45) is 1.47. The molecule has 0 spiro atoms. The molecule has 0 radical (unpaired) electrons. The topological polar surface area (TPSA) is 29.1 Å². The molecule has 0 aliphatic heterocycles. The van der Waals surface area contributed by atoms with Gasteiger partial charge in [-0.2, -0.15) is 0 Å². The van der Waals surface area contributed by atoms with E-state index in [0.29, 0.717) is 13.0 Å². The monoisotopic (exact) mass is 283 g/mol. The number of amides is 1. The Morgan fingerprint density at radius 2 is 1.89 bits per heavy atom.